The highest BCUT2D eigenvalue weighted by Crippen LogP contribution is 2.39. The molecule has 3 aromatic rings. The number of aromatic nitrogens is 4. The Morgan fingerprint density at radius 1 is 1.23 bits per heavy atom. The first-order valence-corrected chi connectivity index (χ1v) is 11.7. The van der Waals surface area contributed by atoms with Crippen LogP contribution < -0.4 is 5.32 Å². The van der Waals surface area contributed by atoms with Crippen molar-refractivity contribution in [2.24, 2.45) is 5.41 Å². The normalized spacial score (nSPS) is 18.8. The maximum atomic E-state index is 5.74. The SMILES string of the molecule is CCn1nc(-c2nc(-c3ccc(C4CCNCC4)cc3C)no2)c2c1CC(C)(C)CC2. The van der Waals surface area contributed by atoms with Gasteiger partial charge in [0.1, 0.15) is 0 Å². The molecule has 0 atom stereocenters. The second-order valence-corrected chi connectivity index (χ2v) is 9.95. The van der Waals surface area contributed by atoms with Crippen molar-refractivity contribution < 1.29 is 4.52 Å². The van der Waals surface area contributed by atoms with Gasteiger partial charge in [-0.2, -0.15) is 10.1 Å². The van der Waals surface area contributed by atoms with E-state index >= 15 is 0 Å². The molecule has 6 nitrogen and oxygen atoms in total. The standard InChI is InChI=1S/C25H33N5O/c1-5-30-21-15-25(3,4)11-8-20(21)22(28-30)24-27-23(29-31-24)19-7-6-18(14-16(19)2)17-9-12-26-13-10-17/h6-7,14,17,26H,5,8-13,15H2,1-4H3. The molecular weight excluding hydrogens is 386 g/mol. The van der Waals surface area contributed by atoms with Gasteiger partial charge in [-0.1, -0.05) is 37.2 Å². The summed E-state index contributed by atoms with van der Waals surface area (Å²) < 4.78 is 7.86. The van der Waals surface area contributed by atoms with Crippen LogP contribution in [0.5, 0.6) is 0 Å². The van der Waals surface area contributed by atoms with Crippen LogP contribution in [0.2, 0.25) is 0 Å². The smallest absolute Gasteiger partial charge is 0.279 e. The van der Waals surface area contributed by atoms with Gasteiger partial charge in [0.05, 0.1) is 0 Å². The average molecular weight is 420 g/mol. The van der Waals surface area contributed by atoms with E-state index in [0.717, 1.165) is 50.2 Å². The van der Waals surface area contributed by atoms with Crippen molar-refractivity contribution in [3.05, 3.63) is 40.6 Å². The summed E-state index contributed by atoms with van der Waals surface area (Å²) in [6, 6.07) is 6.70. The fourth-order valence-electron chi connectivity index (χ4n) is 5.21. The summed E-state index contributed by atoms with van der Waals surface area (Å²) in [6.07, 6.45) is 5.61. The zero-order chi connectivity index (χ0) is 21.6. The number of nitrogens with one attached hydrogen (secondary N) is 1. The van der Waals surface area contributed by atoms with Crippen LogP contribution in [0.3, 0.4) is 0 Å². The third-order valence-corrected chi connectivity index (χ3v) is 7.09. The molecule has 5 rings (SSSR count). The molecule has 0 unspecified atom stereocenters. The van der Waals surface area contributed by atoms with Gasteiger partial charge in [-0.25, -0.2) is 0 Å². The number of rotatable bonds is 4. The molecule has 2 aromatic heterocycles. The van der Waals surface area contributed by atoms with Crippen molar-refractivity contribution in [1.29, 1.82) is 0 Å². The molecule has 31 heavy (non-hydrogen) atoms. The molecule has 0 bridgehead atoms. The fraction of sp³-hybridized carbons (Fsp3) is 0.560. The maximum Gasteiger partial charge on any atom is 0.279 e. The van der Waals surface area contributed by atoms with Crippen molar-refractivity contribution in [3.63, 3.8) is 0 Å². The van der Waals surface area contributed by atoms with E-state index in [1.165, 1.54) is 35.2 Å². The first-order valence-electron chi connectivity index (χ1n) is 11.7. The summed E-state index contributed by atoms with van der Waals surface area (Å²) in [4.78, 5) is 4.78. The molecule has 1 aliphatic carbocycles. The Hall–Kier alpha value is -2.47. The first kappa shape index (κ1) is 20.4. The van der Waals surface area contributed by atoms with Crippen molar-refractivity contribution >= 4 is 0 Å². The van der Waals surface area contributed by atoms with Crippen molar-refractivity contribution in [3.8, 4) is 23.0 Å². The monoisotopic (exact) mass is 419 g/mol. The first-order chi connectivity index (χ1) is 14.9. The van der Waals surface area contributed by atoms with Gasteiger partial charge in [-0.15, -0.1) is 0 Å². The van der Waals surface area contributed by atoms with Gasteiger partial charge in [0.25, 0.3) is 5.89 Å². The van der Waals surface area contributed by atoms with Crippen molar-refractivity contribution in [2.75, 3.05) is 13.1 Å². The lowest BCUT2D eigenvalue weighted by molar-refractivity contribution is 0.304. The Labute approximate surface area is 184 Å². The highest BCUT2D eigenvalue weighted by Gasteiger charge is 2.32. The van der Waals surface area contributed by atoms with E-state index in [1.54, 1.807) is 0 Å². The van der Waals surface area contributed by atoms with Gasteiger partial charge in [0, 0.05) is 23.4 Å². The van der Waals surface area contributed by atoms with Crippen LogP contribution in [0.25, 0.3) is 23.0 Å². The van der Waals surface area contributed by atoms with Gasteiger partial charge in [0.2, 0.25) is 5.82 Å². The summed E-state index contributed by atoms with van der Waals surface area (Å²) in [7, 11) is 0. The molecule has 2 aliphatic rings. The molecule has 3 heterocycles. The van der Waals surface area contributed by atoms with Crippen LogP contribution in [0.1, 0.15) is 68.3 Å². The molecule has 1 saturated heterocycles. The fourth-order valence-corrected chi connectivity index (χ4v) is 5.21. The number of nitrogens with zero attached hydrogens (tertiary/aromatic N) is 4. The Morgan fingerprint density at radius 3 is 2.77 bits per heavy atom. The van der Waals surface area contributed by atoms with Gasteiger partial charge in [-0.3, -0.25) is 4.68 Å². The Bertz CT molecular complexity index is 1090. The van der Waals surface area contributed by atoms with Crippen LogP contribution >= 0.6 is 0 Å². The molecular formula is C25H33N5O. The molecule has 0 spiro atoms. The predicted octanol–water partition coefficient (Wildman–Crippen LogP) is 4.91. The van der Waals surface area contributed by atoms with Crippen LogP contribution in [0, 0.1) is 12.3 Å². The highest BCUT2D eigenvalue weighted by molar-refractivity contribution is 5.64. The van der Waals surface area contributed by atoms with Crippen molar-refractivity contribution in [1.82, 2.24) is 25.2 Å². The second kappa shape index (κ2) is 7.90. The summed E-state index contributed by atoms with van der Waals surface area (Å²) in [5.74, 6) is 1.84. The molecule has 1 N–H and O–H groups in total. The quantitative estimate of drug-likeness (QED) is 0.651. The maximum absolute atomic E-state index is 5.74. The van der Waals surface area contributed by atoms with Gasteiger partial charge < -0.3 is 9.84 Å². The number of piperidine rings is 1. The lowest BCUT2D eigenvalue weighted by Gasteiger charge is -2.30. The van der Waals surface area contributed by atoms with E-state index in [9.17, 15) is 0 Å². The lowest BCUT2D eigenvalue weighted by Crippen LogP contribution is -2.26. The minimum atomic E-state index is 0.310. The topological polar surface area (TPSA) is 68.8 Å². The Morgan fingerprint density at radius 2 is 2.03 bits per heavy atom. The minimum Gasteiger partial charge on any atom is -0.332 e. The second-order valence-electron chi connectivity index (χ2n) is 9.95. The van der Waals surface area contributed by atoms with E-state index in [4.69, 9.17) is 14.6 Å². The number of aryl methyl sites for hydroxylation is 2. The van der Waals surface area contributed by atoms with Crippen LogP contribution in [-0.2, 0) is 19.4 Å². The molecule has 164 valence electrons. The van der Waals surface area contributed by atoms with Gasteiger partial charge >= 0.3 is 0 Å². The number of hydrogen-bond donors (Lipinski definition) is 1. The van der Waals surface area contributed by atoms with Gasteiger partial charge in [0.15, 0.2) is 5.69 Å². The van der Waals surface area contributed by atoms with Gasteiger partial charge in [-0.05, 0) is 81.5 Å². The number of hydrogen-bond acceptors (Lipinski definition) is 5. The van der Waals surface area contributed by atoms with Crippen LogP contribution in [0.15, 0.2) is 22.7 Å². The van der Waals surface area contributed by atoms with Crippen LogP contribution in [0.4, 0.5) is 0 Å². The van der Waals surface area contributed by atoms with E-state index in [-0.39, 0.29) is 0 Å². The third kappa shape index (κ3) is 3.82. The van der Waals surface area contributed by atoms with E-state index in [1.807, 2.05) is 0 Å². The van der Waals surface area contributed by atoms with E-state index in [2.05, 4.69) is 61.0 Å². The van der Waals surface area contributed by atoms with E-state index in [0.29, 0.717) is 23.0 Å². The van der Waals surface area contributed by atoms with E-state index < -0.39 is 0 Å². The summed E-state index contributed by atoms with van der Waals surface area (Å²) >= 11 is 0. The largest absolute Gasteiger partial charge is 0.332 e. The average Bonchev–Trinajstić information content (AvgIpc) is 3.38. The molecule has 6 heteroatoms. The molecule has 0 radical (unpaired) electrons. The molecule has 0 saturated carbocycles. The molecule has 1 aromatic carbocycles. The Kier molecular flexibility index (Phi) is 5.21. The predicted molar refractivity (Wildman–Crippen MR) is 122 cm³/mol. The molecule has 0 amide bonds. The molecule has 1 aliphatic heterocycles. The van der Waals surface area contributed by atoms with Crippen molar-refractivity contribution in [2.45, 2.75) is 72.3 Å². The van der Waals surface area contributed by atoms with Crippen LogP contribution in [-0.4, -0.2) is 33.0 Å². The lowest BCUT2D eigenvalue weighted by atomic mass is 9.76. The number of fused-ring (bicyclic) bond motifs is 1. The third-order valence-electron chi connectivity index (χ3n) is 7.09. The summed E-state index contributed by atoms with van der Waals surface area (Å²) in [5.41, 5.74) is 7.46. The summed E-state index contributed by atoms with van der Waals surface area (Å²) in [6.45, 7) is 12.0. The zero-order valence-corrected chi connectivity index (χ0v) is 19.2. The summed E-state index contributed by atoms with van der Waals surface area (Å²) in [5, 5.41) is 12.6. The Balaban J connectivity index is 1.45. The minimum absolute atomic E-state index is 0.310. The highest BCUT2D eigenvalue weighted by atomic mass is 16.5. The molecule has 1 fully saturated rings. The zero-order valence-electron chi connectivity index (χ0n) is 19.2. The number of benzene rings is 1.